The molecule has 1 aromatic heterocycles. The van der Waals surface area contributed by atoms with Crippen LogP contribution >= 0.6 is 34.8 Å². The topological polar surface area (TPSA) is 91.7 Å². The number of nitrogens with zero attached hydrogens (tertiary/aromatic N) is 3. The van der Waals surface area contributed by atoms with Crippen LogP contribution in [0.3, 0.4) is 0 Å². The van der Waals surface area contributed by atoms with Gasteiger partial charge in [0, 0.05) is 27.8 Å². The highest BCUT2D eigenvalue weighted by molar-refractivity contribution is 7.89. The number of pyridine rings is 1. The van der Waals surface area contributed by atoms with E-state index in [0.29, 0.717) is 21.3 Å². The molecule has 3 aromatic rings. The Labute approximate surface area is 200 Å². The second-order valence-electron chi connectivity index (χ2n) is 6.51. The van der Waals surface area contributed by atoms with Crippen LogP contribution in [0.1, 0.15) is 11.3 Å². The van der Waals surface area contributed by atoms with Gasteiger partial charge in [0.2, 0.25) is 10.0 Å². The predicted molar refractivity (Wildman–Crippen MR) is 125 cm³/mol. The van der Waals surface area contributed by atoms with Crippen molar-refractivity contribution in [2.75, 3.05) is 6.54 Å². The summed E-state index contributed by atoms with van der Waals surface area (Å²) in [7, 11) is -4.06. The number of carbonyl (C=O) groups is 1. The van der Waals surface area contributed by atoms with Gasteiger partial charge in [0.25, 0.3) is 5.91 Å². The number of benzene rings is 2. The Hall–Kier alpha value is -2.49. The lowest BCUT2D eigenvalue weighted by molar-refractivity contribution is -0.121. The van der Waals surface area contributed by atoms with Crippen molar-refractivity contribution < 1.29 is 13.2 Å². The van der Waals surface area contributed by atoms with Crippen LogP contribution in [0.25, 0.3) is 0 Å². The van der Waals surface area contributed by atoms with E-state index in [1.54, 1.807) is 36.5 Å². The minimum Gasteiger partial charge on any atom is -0.272 e. The van der Waals surface area contributed by atoms with E-state index in [0.717, 1.165) is 4.31 Å². The van der Waals surface area contributed by atoms with Gasteiger partial charge in [0.1, 0.15) is 0 Å². The molecular weight excluding hydrogens is 495 g/mol. The summed E-state index contributed by atoms with van der Waals surface area (Å²) in [6, 6.07) is 15.6. The summed E-state index contributed by atoms with van der Waals surface area (Å²) < 4.78 is 27.5. The fourth-order valence-corrected chi connectivity index (χ4v) is 4.61. The predicted octanol–water partition coefficient (Wildman–Crippen LogP) is 4.38. The number of hydrogen-bond acceptors (Lipinski definition) is 5. The number of rotatable bonds is 8. The minimum atomic E-state index is -4.06. The van der Waals surface area contributed by atoms with Gasteiger partial charge in [0.15, 0.2) is 0 Å². The van der Waals surface area contributed by atoms with Crippen molar-refractivity contribution in [3.63, 3.8) is 0 Å². The van der Waals surface area contributed by atoms with Gasteiger partial charge in [-0.3, -0.25) is 9.78 Å². The second kappa shape index (κ2) is 10.9. The van der Waals surface area contributed by atoms with Gasteiger partial charge >= 0.3 is 0 Å². The van der Waals surface area contributed by atoms with E-state index in [-0.39, 0.29) is 16.5 Å². The fraction of sp³-hybridized carbons (Fsp3) is 0.0952. The molecule has 7 nitrogen and oxygen atoms in total. The summed E-state index contributed by atoms with van der Waals surface area (Å²) in [5.74, 6) is -0.639. The van der Waals surface area contributed by atoms with Gasteiger partial charge in [0.05, 0.1) is 23.3 Å². The van der Waals surface area contributed by atoms with Crippen molar-refractivity contribution in [3.8, 4) is 0 Å². The lowest BCUT2D eigenvalue weighted by Gasteiger charge is -2.22. The third kappa shape index (κ3) is 6.51. The molecule has 2 aromatic carbocycles. The molecule has 0 aliphatic carbocycles. The Morgan fingerprint density at radius 2 is 1.75 bits per heavy atom. The molecule has 1 amide bonds. The molecule has 0 spiro atoms. The first-order chi connectivity index (χ1) is 15.3. The van der Waals surface area contributed by atoms with E-state index in [9.17, 15) is 13.2 Å². The first-order valence-corrected chi connectivity index (χ1v) is 11.8. The van der Waals surface area contributed by atoms with Crippen LogP contribution in [-0.2, 0) is 21.4 Å². The van der Waals surface area contributed by atoms with Crippen LogP contribution in [0, 0.1) is 0 Å². The van der Waals surface area contributed by atoms with E-state index < -0.39 is 22.5 Å². The second-order valence-corrected chi connectivity index (χ2v) is 9.73. The Bertz CT molecular complexity index is 1220. The number of hydrogen-bond donors (Lipinski definition) is 1. The third-order valence-electron chi connectivity index (χ3n) is 4.21. The maximum Gasteiger partial charge on any atom is 0.255 e. The average Bonchev–Trinajstić information content (AvgIpc) is 2.76. The third-order valence-corrected chi connectivity index (χ3v) is 6.85. The summed E-state index contributed by atoms with van der Waals surface area (Å²) in [5.41, 5.74) is 3.33. The van der Waals surface area contributed by atoms with Crippen LogP contribution in [-0.4, -0.2) is 36.4 Å². The molecule has 0 bridgehead atoms. The van der Waals surface area contributed by atoms with Crippen LogP contribution in [0.5, 0.6) is 0 Å². The molecular formula is C21H17Cl3N4O3S. The van der Waals surface area contributed by atoms with Gasteiger partial charge < -0.3 is 0 Å². The Morgan fingerprint density at radius 3 is 2.41 bits per heavy atom. The summed E-state index contributed by atoms with van der Waals surface area (Å²) in [6.07, 6.45) is 2.94. The molecule has 1 heterocycles. The molecule has 3 rings (SSSR count). The summed E-state index contributed by atoms with van der Waals surface area (Å²) >= 11 is 18.0. The smallest absolute Gasteiger partial charge is 0.255 e. The van der Waals surface area contributed by atoms with E-state index >= 15 is 0 Å². The van der Waals surface area contributed by atoms with Crippen molar-refractivity contribution in [2.45, 2.75) is 11.4 Å². The Balaban J connectivity index is 1.83. The van der Waals surface area contributed by atoms with Crippen molar-refractivity contribution in [1.29, 1.82) is 0 Å². The maximum atomic E-state index is 13.2. The highest BCUT2D eigenvalue weighted by Gasteiger charge is 2.27. The summed E-state index contributed by atoms with van der Waals surface area (Å²) in [4.78, 5) is 16.5. The molecule has 0 saturated heterocycles. The number of aromatic nitrogens is 1. The molecule has 0 unspecified atom stereocenters. The highest BCUT2D eigenvalue weighted by Crippen LogP contribution is 2.25. The average molecular weight is 512 g/mol. The normalized spacial score (nSPS) is 11.8. The minimum absolute atomic E-state index is 0.0169. The molecule has 1 N–H and O–H groups in total. The summed E-state index contributed by atoms with van der Waals surface area (Å²) in [5, 5.41) is 4.90. The van der Waals surface area contributed by atoms with E-state index in [1.807, 2.05) is 0 Å². The molecule has 0 aliphatic heterocycles. The van der Waals surface area contributed by atoms with Crippen molar-refractivity contribution in [2.24, 2.45) is 5.10 Å². The van der Waals surface area contributed by atoms with Gasteiger partial charge in [-0.05, 0) is 54.1 Å². The molecule has 0 aliphatic rings. The Morgan fingerprint density at radius 1 is 1.03 bits per heavy atom. The number of carbonyl (C=O) groups excluding carboxylic acids is 1. The van der Waals surface area contributed by atoms with Gasteiger partial charge in [-0.2, -0.15) is 9.41 Å². The molecule has 166 valence electrons. The molecule has 0 fully saturated rings. The number of nitrogens with one attached hydrogen (secondary N) is 1. The lowest BCUT2D eigenvalue weighted by Crippen LogP contribution is -2.39. The standard InChI is InChI=1S/C21H17Cl3N4O3S/c22-16-6-8-19(9-7-16)32(30,31)28(13-15-4-5-17(23)11-20(15)24)14-21(29)27-26-12-18-3-1-2-10-25-18/h1-12H,13-14H2,(H,27,29)/b26-12-. The number of amides is 1. The van der Waals surface area contributed by atoms with Crippen LogP contribution < -0.4 is 5.43 Å². The molecule has 0 saturated carbocycles. The van der Waals surface area contributed by atoms with Gasteiger partial charge in [-0.15, -0.1) is 0 Å². The van der Waals surface area contributed by atoms with Crippen molar-refractivity contribution in [1.82, 2.24) is 14.7 Å². The van der Waals surface area contributed by atoms with Crippen molar-refractivity contribution in [3.05, 3.63) is 93.2 Å². The molecule has 32 heavy (non-hydrogen) atoms. The largest absolute Gasteiger partial charge is 0.272 e. The molecule has 0 radical (unpaired) electrons. The van der Waals surface area contributed by atoms with Crippen LogP contribution in [0.15, 0.2) is 76.9 Å². The first kappa shape index (κ1) is 24.2. The van der Waals surface area contributed by atoms with Crippen LogP contribution in [0.2, 0.25) is 15.1 Å². The van der Waals surface area contributed by atoms with Crippen LogP contribution in [0.4, 0.5) is 0 Å². The van der Waals surface area contributed by atoms with E-state index in [1.165, 1.54) is 36.5 Å². The monoisotopic (exact) mass is 510 g/mol. The highest BCUT2D eigenvalue weighted by atomic mass is 35.5. The molecule has 11 heteroatoms. The fourth-order valence-electron chi connectivity index (χ4n) is 2.64. The van der Waals surface area contributed by atoms with E-state index in [2.05, 4.69) is 15.5 Å². The van der Waals surface area contributed by atoms with E-state index in [4.69, 9.17) is 34.8 Å². The zero-order valence-corrected chi connectivity index (χ0v) is 19.5. The number of halogens is 3. The Kier molecular flexibility index (Phi) is 8.22. The maximum absolute atomic E-state index is 13.2. The zero-order valence-electron chi connectivity index (χ0n) is 16.5. The summed E-state index contributed by atoms with van der Waals surface area (Å²) in [6.45, 7) is -0.651. The SMILES string of the molecule is O=C(CN(Cc1ccc(Cl)cc1Cl)S(=O)(=O)c1ccc(Cl)cc1)N/N=C\c1ccccn1. The number of sulfonamides is 1. The van der Waals surface area contributed by atoms with Crippen molar-refractivity contribution >= 4 is 56.9 Å². The first-order valence-electron chi connectivity index (χ1n) is 9.18. The zero-order chi connectivity index (χ0) is 23.1. The quantitative estimate of drug-likeness (QED) is 0.359. The molecule has 0 atom stereocenters. The lowest BCUT2D eigenvalue weighted by atomic mass is 10.2. The van der Waals surface area contributed by atoms with Gasteiger partial charge in [-0.1, -0.05) is 46.9 Å². The van der Waals surface area contributed by atoms with Gasteiger partial charge in [-0.25, -0.2) is 13.8 Å². The number of hydrazone groups is 1.